The Morgan fingerprint density at radius 3 is 2.25 bits per heavy atom. The fourth-order valence-electron chi connectivity index (χ4n) is 2.19. The molecule has 0 bridgehead atoms. The topological polar surface area (TPSA) is 23.5 Å². The van der Waals surface area contributed by atoms with Crippen LogP contribution in [0.2, 0.25) is 0 Å². The van der Waals surface area contributed by atoms with Crippen LogP contribution in [0.5, 0.6) is 0 Å². The van der Waals surface area contributed by atoms with Crippen LogP contribution in [0.4, 0.5) is 0 Å². The van der Waals surface area contributed by atoms with Gasteiger partial charge in [0.15, 0.2) is 0 Å². The predicted molar refractivity (Wildman–Crippen MR) is 51.1 cm³/mol. The Kier molecular flexibility index (Phi) is 2.79. The zero-order chi connectivity index (χ0) is 9.35. The molecule has 0 aromatic heterocycles. The minimum absolute atomic E-state index is 0.253. The van der Waals surface area contributed by atoms with Gasteiger partial charge in [-0.25, -0.2) is 0 Å². The third-order valence-corrected chi connectivity index (χ3v) is 3.01. The van der Waals surface area contributed by atoms with Gasteiger partial charge in [-0.3, -0.25) is 4.90 Å². The highest BCUT2D eigenvalue weighted by atomic mass is 16.3. The summed E-state index contributed by atoms with van der Waals surface area (Å²) < 4.78 is 0. The summed E-state index contributed by atoms with van der Waals surface area (Å²) in [5.41, 5.74) is 0.253. The van der Waals surface area contributed by atoms with E-state index in [0.717, 1.165) is 13.0 Å². The van der Waals surface area contributed by atoms with Crippen LogP contribution in [0.1, 0.15) is 34.1 Å². The molecule has 0 aliphatic carbocycles. The van der Waals surface area contributed by atoms with E-state index in [1.54, 1.807) is 0 Å². The molecule has 1 saturated heterocycles. The van der Waals surface area contributed by atoms with Crippen LogP contribution in [-0.2, 0) is 0 Å². The van der Waals surface area contributed by atoms with E-state index in [1.165, 1.54) is 0 Å². The van der Waals surface area contributed by atoms with Crippen LogP contribution in [0.3, 0.4) is 0 Å². The van der Waals surface area contributed by atoms with Crippen molar-refractivity contribution in [2.45, 2.75) is 45.7 Å². The van der Waals surface area contributed by atoms with Crippen LogP contribution in [0.15, 0.2) is 0 Å². The van der Waals surface area contributed by atoms with Crippen molar-refractivity contribution in [3.63, 3.8) is 0 Å². The second-order valence-corrected chi connectivity index (χ2v) is 4.84. The fraction of sp³-hybridized carbons (Fsp3) is 1.00. The Bertz CT molecular complexity index is 150. The molecule has 1 aliphatic heterocycles. The lowest BCUT2D eigenvalue weighted by molar-refractivity contribution is 0.101. The number of hydrogen-bond acceptors (Lipinski definition) is 2. The summed E-state index contributed by atoms with van der Waals surface area (Å²) in [4.78, 5) is 2.48. The van der Waals surface area contributed by atoms with E-state index in [2.05, 4.69) is 32.6 Å². The normalized spacial score (nSPS) is 32.8. The molecule has 12 heavy (non-hydrogen) atoms. The summed E-state index contributed by atoms with van der Waals surface area (Å²) in [6, 6.07) is 0.537. The van der Waals surface area contributed by atoms with Crippen LogP contribution < -0.4 is 0 Å². The molecule has 72 valence electrons. The fourth-order valence-corrected chi connectivity index (χ4v) is 2.19. The first kappa shape index (κ1) is 10.0. The van der Waals surface area contributed by atoms with Gasteiger partial charge in [0.2, 0.25) is 0 Å². The quantitative estimate of drug-likeness (QED) is 0.646. The van der Waals surface area contributed by atoms with Crippen molar-refractivity contribution in [3.05, 3.63) is 0 Å². The molecule has 0 spiro atoms. The number of likely N-dealkylation sites (tertiary alicyclic amines) is 1. The summed E-state index contributed by atoms with van der Waals surface area (Å²) in [5, 5.41) is 9.09. The summed E-state index contributed by atoms with van der Waals surface area (Å²) in [6.45, 7) is 10.4. The first-order valence-electron chi connectivity index (χ1n) is 4.84. The largest absolute Gasteiger partial charge is 0.396 e. The molecular weight excluding hydrogens is 150 g/mol. The van der Waals surface area contributed by atoms with Crippen molar-refractivity contribution < 1.29 is 5.11 Å². The van der Waals surface area contributed by atoms with E-state index in [0.29, 0.717) is 18.6 Å². The van der Waals surface area contributed by atoms with Gasteiger partial charge in [0, 0.05) is 18.2 Å². The van der Waals surface area contributed by atoms with Gasteiger partial charge < -0.3 is 5.11 Å². The molecule has 0 amide bonds. The summed E-state index contributed by atoms with van der Waals surface area (Å²) in [6.07, 6.45) is 1.15. The van der Waals surface area contributed by atoms with Crippen molar-refractivity contribution in [2.24, 2.45) is 5.92 Å². The van der Waals surface area contributed by atoms with Gasteiger partial charge in [0.05, 0.1) is 0 Å². The zero-order valence-electron chi connectivity index (χ0n) is 8.67. The lowest BCUT2D eigenvalue weighted by Crippen LogP contribution is -2.44. The molecule has 1 aliphatic rings. The Balaban J connectivity index is 2.61. The van der Waals surface area contributed by atoms with Gasteiger partial charge in [0.1, 0.15) is 0 Å². The number of hydrogen-bond donors (Lipinski definition) is 1. The number of nitrogens with zero attached hydrogens (tertiary/aromatic N) is 1. The molecule has 2 heteroatoms. The van der Waals surface area contributed by atoms with Crippen molar-refractivity contribution >= 4 is 0 Å². The monoisotopic (exact) mass is 171 g/mol. The SMILES string of the molecule is C[C@@H]1[C@H](CO)CCN1C(C)(C)C. The minimum Gasteiger partial charge on any atom is -0.396 e. The second kappa shape index (κ2) is 3.35. The van der Waals surface area contributed by atoms with Crippen LogP contribution in [0.25, 0.3) is 0 Å². The van der Waals surface area contributed by atoms with Gasteiger partial charge in [-0.2, -0.15) is 0 Å². The average Bonchev–Trinajstić information content (AvgIpc) is 2.29. The average molecular weight is 171 g/mol. The van der Waals surface area contributed by atoms with Crippen LogP contribution in [0, 0.1) is 5.92 Å². The van der Waals surface area contributed by atoms with Gasteiger partial charge in [-0.15, -0.1) is 0 Å². The molecule has 0 radical (unpaired) electrons. The molecule has 2 nitrogen and oxygen atoms in total. The van der Waals surface area contributed by atoms with E-state index in [9.17, 15) is 0 Å². The Labute approximate surface area is 75.6 Å². The minimum atomic E-state index is 0.253. The van der Waals surface area contributed by atoms with Gasteiger partial charge in [0.25, 0.3) is 0 Å². The summed E-state index contributed by atoms with van der Waals surface area (Å²) in [7, 11) is 0. The molecule has 0 saturated carbocycles. The lowest BCUT2D eigenvalue weighted by Gasteiger charge is -2.36. The van der Waals surface area contributed by atoms with Crippen LogP contribution >= 0.6 is 0 Å². The molecule has 0 unspecified atom stereocenters. The number of aliphatic hydroxyl groups is 1. The van der Waals surface area contributed by atoms with Crippen LogP contribution in [-0.4, -0.2) is 34.7 Å². The van der Waals surface area contributed by atoms with Gasteiger partial charge in [-0.1, -0.05) is 0 Å². The second-order valence-electron chi connectivity index (χ2n) is 4.84. The predicted octanol–water partition coefficient (Wildman–Crippen LogP) is 1.49. The molecule has 1 fully saturated rings. The summed E-state index contributed by atoms with van der Waals surface area (Å²) >= 11 is 0. The summed E-state index contributed by atoms with van der Waals surface area (Å²) in [5.74, 6) is 0.490. The molecule has 0 aromatic carbocycles. The molecule has 0 aromatic rings. The van der Waals surface area contributed by atoms with E-state index in [4.69, 9.17) is 5.11 Å². The molecule has 1 rings (SSSR count). The third-order valence-electron chi connectivity index (χ3n) is 3.01. The van der Waals surface area contributed by atoms with E-state index in [1.807, 2.05) is 0 Å². The Morgan fingerprint density at radius 2 is 2.00 bits per heavy atom. The van der Waals surface area contributed by atoms with Crippen molar-refractivity contribution in [1.29, 1.82) is 0 Å². The number of aliphatic hydroxyl groups excluding tert-OH is 1. The maximum atomic E-state index is 9.09. The van der Waals surface area contributed by atoms with Gasteiger partial charge in [-0.05, 0) is 46.6 Å². The molecule has 1 heterocycles. The Hall–Kier alpha value is -0.0800. The first-order chi connectivity index (χ1) is 5.46. The first-order valence-corrected chi connectivity index (χ1v) is 4.84. The maximum Gasteiger partial charge on any atom is 0.0474 e. The highest BCUT2D eigenvalue weighted by Crippen LogP contribution is 2.29. The van der Waals surface area contributed by atoms with Crippen molar-refractivity contribution in [1.82, 2.24) is 4.90 Å². The molecule has 2 atom stereocenters. The zero-order valence-corrected chi connectivity index (χ0v) is 8.67. The van der Waals surface area contributed by atoms with Crippen molar-refractivity contribution in [2.75, 3.05) is 13.2 Å². The van der Waals surface area contributed by atoms with E-state index in [-0.39, 0.29) is 5.54 Å². The third kappa shape index (κ3) is 1.80. The molecule has 1 N–H and O–H groups in total. The number of rotatable bonds is 1. The smallest absolute Gasteiger partial charge is 0.0474 e. The highest BCUT2D eigenvalue weighted by molar-refractivity contribution is 4.90. The van der Waals surface area contributed by atoms with Crippen molar-refractivity contribution in [3.8, 4) is 0 Å². The molecular formula is C10H21NO. The highest BCUT2D eigenvalue weighted by Gasteiger charge is 2.35. The lowest BCUT2D eigenvalue weighted by atomic mass is 10.0. The van der Waals surface area contributed by atoms with E-state index >= 15 is 0 Å². The van der Waals surface area contributed by atoms with E-state index < -0.39 is 0 Å². The Morgan fingerprint density at radius 1 is 1.42 bits per heavy atom. The standard InChI is InChI=1S/C10H21NO/c1-8-9(7-12)5-6-11(8)10(2,3)4/h8-9,12H,5-7H2,1-4H3/t8-,9+/m1/s1. The maximum absolute atomic E-state index is 9.09. The van der Waals surface area contributed by atoms with Gasteiger partial charge >= 0.3 is 0 Å².